The fourth-order valence-corrected chi connectivity index (χ4v) is 1.90. The predicted octanol–water partition coefficient (Wildman–Crippen LogP) is 3.51. The standard InChI is InChI=1S/C17H29NO2/c1-17(2,3)15-7-9-16(10-8-15)20-14-13-19-12-6-4-5-11-18/h7-10H,4-6,11-14,18H2,1-3H3. The van der Waals surface area contributed by atoms with Crippen molar-refractivity contribution in [3.63, 3.8) is 0 Å². The van der Waals surface area contributed by atoms with Gasteiger partial charge in [-0.3, -0.25) is 0 Å². The van der Waals surface area contributed by atoms with Crippen LogP contribution in [0.5, 0.6) is 5.75 Å². The minimum absolute atomic E-state index is 0.186. The van der Waals surface area contributed by atoms with Gasteiger partial charge in [-0.25, -0.2) is 0 Å². The molecular formula is C17H29NO2. The SMILES string of the molecule is CC(C)(C)c1ccc(OCCOCCCCCN)cc1. The predicted molar refractivity (Wildman–Crippen MR) is 84.4 cm³/mol. The number of hydrogen-bond acceptors (Lipinski definition) is 3. The molecule has 0 bridgehead atoms. The molecule has 2 N–H and O–H groups in total. The minimum Gasteiger partial charge on any atom is -0.491 e. The van der Waals surface area contributed by atoms with E-state index in [-0.39, 0.29) is 5.41 Å². The Kier molecular flexibility index (Phi) is 7.63. The number of rotatable bonds is 9. The summed E-state index contributed by atoms with van der Waals surface area (Å²) in [6.45, 7) is 9.44. The fraction of sp³-hybridized carbons (Fsp3) is 0.647. The Morgan fingerprint density at radius 1 is 0.900 bits per heavy atom. The van der Waals surface area contributed by atoms with Crippen LogP contribution in [-0.4, -0.2) is 26.4 Å². The molecule has 0 aliphatic rings. The minimum atomic E-state index is 0.186. The molecule has 0 saturated carbocycles. The van der Waals surface area contributed by atoms with Crippen molar-refractivity contribution >= 4 is 0 Å². The fourth-order valence-electron chi connectivity index (χ4n) is 1.90. The lowest BCUT2D eigenvalue weighted by molar-refractivity contribution is 0.0972. The van der Waals surface area contributed by atoms with Crippen molar-refractivity contribution in [1.82, 2.24) is 0 Å². The van der Waals surface area contributed by atoms with E-state index in [0.717, 1.165) is 38.2 Å². The van der Waals surface area contributed by atoms with Crippen LogP contribution in [0.15, 0.2) is 24.3 Å². The van der Waals surface area contributed by atoms with Crippen LogP contribution in [0.4, 0.5) is 0 Å². The molecule has 0 aromatic heterocycles. The summed E-state index contributed by atoms with van der Waals surface area (Å²) in [6.07, 6.45) is 3.31. The van der Waals surface area contributed by atoms with Gasteiger partial charge in [0.25, 0.3) is 0 Å². The Balaban J connectivity index is 2.13. The molecule has 0 saturated heterocycles. The van der Waals surface area contributed by atoms with Crippen LogP contribution in [0.3, 0.4) is 0 Å². The smallest absolute Gasteiger partial charge is 0.119 e. The van der Waals surface area contributed by atoms with Gasteiger partial charge in [-0.1, -0.05) is 32.9 Å². The van der Waals surface area contributed by atoms with Crippen molar-refractivity contribution in [3.8, 4) is 5.75 Å². The second-order valence-electron chi connectivity index (χ2n) is 6.08. The Hall–Kier alpha value is -1.06. The van der Waals surface area contributed by atoms with E-state index in [9.17, 15) is 0 Å². The van der Waals surface area contributed by atoms with E-state index < -0.39 is 0 Å². The van der Waals surface area contributed by atoms with Crippen LogP contribution in [0.2, 0.25) is 0 Å². The van der Waals surface area contributed by atoms with Gasteiger partial charge in [0.05, 0.1) is 6.61 Å². The van der Waals surface area contributed by atoms with Gasteiger partial charge in [0.15, 0.2) is 0 Å². The molecule has 0 aliphatic heterocycles. The summed E-state index contributed by atoms with van der Waals surface area (Å²) in [7, 11) is 0. The van der Waals surface area contributed by atoms with Crippen LogP contribution in [0, 0.1) is 0 Å². The molecule has 0 unspecified atom stereocenters. The third kappa shape index (κ3) is 6.92. The molecule has 1 aromatic rings. The second kappa shape index (κ2) is 8.98. The first-order valence-corrected chi connectivity index (χ1v) is 7.55. The largest absolute Gasteiger partial charge is 0.491 e. The first-order valence-electron chi connectivity index (χ1n) is 7.55. The third-order valence-electron chi connectivity index (χ3n) is 3.21. The van der Waals surface area contributed by atoms with Crippen LogP contribution in [-0.2, 0) is 10.2 Å². The Bertz CT molecular complexity index is 354. The average molecular weight is 279 g/mol. The van der Waals surface area contributed by atoms with E-state index in [0.29, 0.717) is 13.2 Å². The monoisotopic (exact) mass is 279 g/mol. The van der Waals surface area contributed by atoms with E-state index in [1.807, 2.05) is 12.1 Å². The summed E-state index contributed by atoms with van der Waals surface area (Å²) in [4.78, 5) is 0. The highest BCUT2D eigenvalue weighted by atomic mass is 16.5. The number of benzene rings is 1. The lowest BCUT2D eigenvalue weighted by Crippen LogP contribution is -2.11. The lowest BCUT2D eigenvalue weighted by Gasteiger charge is -2.19. The third-order valence-corrected chi connectivity index (χ3v) is 3.21. The van der Waals surface area contributed by atoms with Gasteiger partial charge < -0.3 is 15.2 Å². The molecule has 0 spiro atoms. The van der Waals surface area contributed by atoms with Gasteiger partial charge in [0.2, 0.25) is 0 Å². The summed E-state index contributed by atoms with van der Waals surface area (Å²) in [5.41, 5.74) is 6.94. The number of nitrogens with two attached hydrogens (primary N) is 1. The Morgan fingerprint density at radius 2 is 1.60 bits per heavy atom. The molecule has 114 valence electrons. The molecule has 0 fully saturated rings. The zero-order valence-electron chi connectivity index (χ0n) is 13.2. The van der Waals surface area contributed by atoms with Gasteiger partial charge >= 0.3 is 0 Å². The molecule has 3 nitrogen and oxygen atoms in total. The number of unbranched alkanes of at least 4 members (excludes halogenated alkanes) is 2. The number of hydrogen-bond donors (Lipinski definition) is 1. The zero-order valence-corrected chi connectivity index (χ0v) is 13.2. The highest BCUT2D eigenvalue weighted by Crippen LogP contribution is 2.24. The van der Waals surface area contributed by atoms with E-state index in [1.54, 1.807) is 0 Å². The summed E-state index contributed by atoms with van der Waals surface area (Å²) in [5, 5.41) is 0. The van der Waals surface area contributed by atoms with Crippen molar-refractivity contribution in [2.24, 2.45) is 5.73 Å². The highest BCUT2D eigenvalue weighted by Gasteiger charge is 2.12. The lowest BCUT2D eigenvalue weighted by atomic mass is 9.87. The second-order valence-corrected chi connectivity index (χ2v) is 6.08. The van der Waals surface area contributed by atoms with E-state index >= 15 is 0 Å². The van der Waals surface area contributed by atoms with Gasteiger partial charge in [0, 0.05) is 6.61 Å². The van der Waals surface area contributed by atoms with Crippen molar-refractivity contribution in [2.45, 2.75) is 45.4 Å². The summed E-state index contributed by atoms with van der Waals surface area (Å²) < 4.78 is 11.2. The van der Waals surface area contributed by atoms with E-state index in [4.69, 9.17) is 15.2 Å². The molecule has 1 rings (SSSR count). The normalized spacial score (nSPS) is 11.6. The molecule has 20 heavy (non-hydrogen) atoms. The highest BCUT2D eigenvalue weighted by molar-refractivity contribution is 5.31. The maximum Gasteiger partial charge on any atom is 0.119 e. The average Bonchev–Trinajstić information content (AvgIpc) is 2.41. The van der Waals surface area contributed by atoms with Crippen molar-refractivity contribution in [2.75, 3.05) is 26.4 Å². The van der Waals surface area contributed by atoms with Gasteiger partial charge in [-0.15, -0.1) is 0 Å². The molecule has 0 atom stereocenters. The van der Waals surface area contributed by atoms with Crippen molar-refractivity contribution < 1.29 is 9.47 Å². The van der Waals surface area contributed by atoms with Gasteiger partial charge in [-0.2, -0.15) is 0 Å². The topological polar surface area (TPSA) is 44.5 Å². The van der Waals surface area contributed by atoms with Crippen LogP contribution >= 0.6 is 0 Å². The molecular weight excluding hydrogens is 250 g/mol. The zero-order chi connectivity index (χ0) is 14.8. The molecule has 0 amide bonds. The molecule has 3 heteroatoms. The first kappa shape index (κ1) is 17.0. The van der Waals surface area contributed by atoms with Crippen molar-refractivity contribution in [1.29, 1.82) is 0 Å². The Labute approximate surface area is 123 Å². The van der Waals surface area contributed by atoms with Crippen LogP contribution < -0.4 is 10.5 Å². The van der Waals surface area contributed by atoms with E-state index in [1.165, 1.54) is 5.56 Å². The molecule has 0 radical (unpaired) electrons. The van der Waals surface area contributed by atoms with E-state index in [2.05, 4.69) is 32.9 Å². The van der Waals surface area contributed by atoms with Gasteiger partial charge in [0.1, 0.15) is 12.4 Å². The molecule has 0 heterocycles. The van der Waals surface area contributed by atoms with Crippen LogP contribution in [0.1, 0.15) is 45.6 Å². The quantitative estimate of drug-likeness (QED) is 0.704. The first-order chi connectivity index (χ1) is 9.54. The Morgan fingerprint density at radius 3 is 2.20 bits per heavy atom. The maximum absolute atomic E-state index is 5.66. The summed E-state index contributed by atoms with van der Waals surface area (Å²) in [6, 6.07) is 8.32. The summed E-state index contributed by atoms with van der Waals surface area (Å²) >= 11 is 0. The summed E-state index contributed by atoms with van der Waals surface area (Å²) in [5.74, 6) is 0.907. The van der Waals surface area contributed by atoms with Gasteiger partial charge in [-0.05, 0) is 48.9 Å². The molecule has 0 aliphatic carbocycles. The van der Waals surface area contributed by atoms with Crippen LogP contribution in [0.25, 0.3) is 0 Å². The maximum atomic E-state index is 5.66. The number of ether oxygens (including phenoxy) is 2. The molecule has 1 aromatic carbocycles. The van der Waals surface area contributed by atoms with Crippen molar-refractivity contribution in [3.05, 3.63) is 29.8 Å².